The predicted molar refractivity (Wildman–Crippen MR) is 85.3 cm³/mol. The van der Waals surface area contributed by atoms with Crippen LogP contribution in [0.15, 0.2) is 34.7 Å². The largest absolute Gasteiger partial charge is 0.481 e. The van der Waals surface area contributed by atoms with Crippen LogP contribution in [0.2, 0.25) is 0 Å². The summed E-state index contributed by atoms with van der Waals surface area (Å²) in [5.41, 5.74) is 0.905. The molecule has 2 aromatic rings. The Bertz CT molecular complexity index is 652. The van der Waals surface area contributed by atoms with E-state index in [1.54, 1.807) is 24.1 Å². The van der Waals surface area contributed by atoms with Crippen LogP contribution in [0.25, 0.3) is 10.6 Å². The minimum atomic E-state index is -0.697. The molecule has 0 aliphatic carbocycles. The number of rotatable bonds is 4. The fourth-order valence-corrected chi connectivity index (χ4v) is 4.20. The standard InChI is InChI=1S/C15H15FN2O2S2/c16-12-3-1-10(2-4-12)14-17-13(9-21-14)22-18-7-5-11(6-8-18)15(19)20/h1-4,9,11H,5-8H2,(H,19,20). The van der Waals surface area contributed by atoms with Crippen LogP contribution in [0.4, 0.5) is 4.39 Å². The fourth-order valence-electron chi connectivity index (χ4n) is 2.35. The number of nitrogens with zero attached hydrogens (tertiary/aromatic N) is 2. The topological polar surface area (TPSA) is 53.4 Å². The maximum atomic E-state index is 12.9. The van der Waals surface area contributed by atoms with Gasteiger partial charge in [-0.05, 0) is 49.1 Å². The van der Waals surface area contributed by atoms with Crippen molar-refractivity contribution in [1.82, 2.24) is 9.29 Å². The van der Waals surface area contributed by atoms with Crippen molar-refractivity contribution in [3.8, 4) is 10.6 Å². The van der Waals surface area contributed by atoms with Gasteiger partial charge in [0.25, 0.3) is 0 Å². The van der Waals surface area contributed by atoms with Crippen LogP contribution in [0.3, 0.4) is 0 Å². The molecule has 1 aromatic heterocycles. The Hall–Kier alpha value is -1.44. The van der Waals surface area contributed by atoms with Crippen LogP contribution in [-0.2, 0) is 4.79 Å². The van der Waals surface area contributed by atoms with Crippen molar-refractivity contribution in [3.05, 3.63) is 35.5 Å². The molecule has 0 atom stereocenters. The third-order valence-corrected chi connectivity index (χ3v) is 5.66. The first-order valence-electron chi connectivity index (χ1n) is 6.99. The number of halogens is 1. The van der Waals surface area contributed by atoms with Gasteiger partial charge in [-0.15, -0.1) is 11.3 Å². The van der Waals surface area contributed by atoms with E-state index in [1.165, 1.54) is 23.5 Å². The zero-order chi connectivity index (χ0) is 15.5. The molecule has 0 bridgehead atoms. The summed E-state index contributed by atoms with van der Waals surface area (Å²) < 4.78 is 15.1. The average Bonchev–Trinajstić information content (AvgIpc) is 2.97. The molecular formula is C15H15FN2O2S2. The van der Waals surface area contributed by atoms with Gasteiger partial charge < -0.3 is 5.11 Å². The van der Waals surface area contributed by atoms with Gasteiger partial charge in [-0.1, -0.05) is 0 Å². The summed E-state index contributed by atoms with van der Waals surface area (Å²) in [6, 6.07) is 6.31. The van der Waals surface area contributed by atoms with Crippen molar-refractivity contribution in [1.29, 1.82) is 0 Å². The van der Waals surface area contributed by atoms with E-state index in [4.69, 9.17) is 5.11 Å². The minimum absolute atomic E-state index is 0.220. The third kappa shape index (κ3) is 3.66. The van der Waals surface area contributed by atoms with Crippen molar-refractivity contribution in [2.45, 2.75) is 17.9 Å². The number of hydrogen-bond donors (Lipinski definition) is 1. The van der Waals surface area contributed by atoms with Gasteiger partial charge in [0.2, 0.25) is 0 Å². The van der Waals surface area contributed by atoms with E-state index in [0.29, 0.717) is 12.8 Å². The molecule has 1 saturated heterocycles. The van der Waals surface area contributed by atoms with Crippen LogP contribution in [-0.4, -0.2) is 33.5 Å². The highest BCUT2D eigenvalue weighted by atomic mass is 32.2. The summed E-state index contributed by atoms with van der Waals surface area (Å²) in [5, 5.41) is 12.7. The number of aliphatic carboxylic acids is 1. The van der Waals surface area contributed by atoms with Crippen molar-refractivity contribution >= 4 is 29.3 Å². The van der Waals surface area contributed by atoms with E-state index in [-0.39, 0.29) is 11.7 Å². The molecule has 1 N–H and O–H groups in total. The SMILES string of the molecule is O=C(O)C1CCN(Sc2csc(-c3ccc(F)cc3)n2)CC1. The lowest BCUT2D eigenvalue weighted by atomic mass is 9.99. The van der Waals surface area contributed by atoms with Gasteiger partial charge in [0, 0.05) is 24.0 Å². The second-order valence-electron chi connectivity index (χ2n) is 5.13. The Balaban J connectivity index is 1.60. The van der Waals surface area contributed by atoms with Gasteiger partial charge in [0.15, 0.2) is 0 Å². The van der Waals surface area contributed by atoms with Crippen LogP contribution in [0.5, 0.6) is 0 Å². The zero-order valence-corrected chi connectivity index (χ0v) is 13.4. The summed E-state index contributed by atoms with van der Waals surface area (Å²) in [5.74, 6) is -1.17. The number of thiazole rings is 1. The molecule has 0 saturated carbocycles. The quantitative estimate of drug-likeness (QED) is 0.861. The molecule has 0 unspecified atom stereocenters. The van der Waals surface area contributed by atoms with E-state index in [2.05, 4.69) is 9.29 Å². The van der Waals surface area contributed by atoms with Gasteiger partial charge >= 0.3 is 5.97 Å². The molecular weight excluding hydrogens is 323 g/mol. The second-order valence-corrected chi connectivity index (χ2v) is 7.11. The highest BCUT2D eigenvalue weighted by Crippen LogP contribution is 2.32. The summed E-state index contributed by atoms with van der Waals surface area (Å²) in [7, 11) is 0. The summed E-state index contributed by atoms with van der Waals surface area (Å²) in [4.78, 5) is 15.5. The summed E-state index contributed by atoms with van der Waals surface area (Å²) in [6.45, 7) is 1.51. The second kappa shape index (κ2) is 6.76. The molecule has 1 fully saturated rings. The van der Waals surface area contributed by atoms with Crippen LogP contribution < -0.4 is 0 Å². The number of piperidine rings is 1. The molecule has 22 heavy (non-hydrogen) atoms. The fraction of sp³-hybridized carbons (Fsp3) is 0.333. The Kier molecular flexibility index (Phi) is 4.75. The first kappa shape index (κ1) is 15.5. The minimum Gasteiger partial charge on any atom is -0.481 e. The van der Waals surface area contributed by atoms with Crippen molar-refractivity contribution in [2.75, 3.05) is 13.1 Å². The van der Waals surface area contributed by atoms with Crippen LogP contribution in [0, 0.1) is 11.7 Å². The van der Waals surface area contributed by atoms with Crippen LogP contribution >= 0.6 is 23.3 Å². The lowest BCUT2D eigenvalue weighted by molar-refractivity contribution is -0.142. The first-order valence-corrected chi connectivity index (χ1v) is 8.64. The van der Waals surface area contributed by atoms with Crippen LogP contribution in [0.1, 0.15) is 12.8 Å². The molecule has 1 aromatic carbocycles. The molecule has 0 spiro atoms. The molecule has 0 radical (unpaired) electrons. The summed E-state index contributed by atoms with van der Waals surface area (Å²) in [6.07, 6.45) is 1.36. The number of carboxylic acid groups (broad SMARTS) is 1. The molecule has 1 aliphatic heterocycles. The Morgan fingerprint density at radius 2 is 2.00 bits per heavy atom. The molecule has 2 heterocycles. The predicted octanol–water partition coefficient (Wildman–Crippen LogP) is 3.75. The number of aromatic nitrogens is 1. The highest BCUT2D eigenvalue weighted by Gasteiger charge is 2.25. The Morgan fingerprint density at radius 3 is 2.64 bits per heavy atom. The van der Waals surface area contributed by atoms with E-state index < -0.39 is 5.97 Å². The molecule has 3 rings (SSSR count). The number of carboxylic acids is 1. The Morgan fingerprint density at radius 1 is 1.32 bits per heavy atom. The number of carbonyl (C=O) groups is 1. The first-order chi connectivity index (χ1) is 10.6. The molecule has 1 aliphatic rings. The van der Waals surface area contributed by atoms with E-state index in [0.717, 1.165) is 28.7 Å². The van der Waals surface area contributed by atoms with Crippen molar-refractivity contribution < 1.29 is 14.3 Å². The summed E-state index contributed by atoms with van der Waals surface area (Å²) >= 11 is 3.09. The molecule has 4 nitrogen and oxygen atoms in total. The maximum absolute atomic E-state index is 12.9. The van der Waals surface area contributed by atoms with E-state index in [1.807, 2.05) is 5.38 Å². The number of benzene rings is 1. The highest BCUT2D eigenvalue weighted by molar-refractivity contribution is 7.97. The zero-order valence-electron chi connectivity index (χ0n) is 11.7. The third-order valence-electron chi connectivity index (χ3n) is 3.60. The van der Waals surface area contributed by atoms with Crippen molar-refractivity contribution in [2.24, 2.45) is 5.92 Å². The van der Waals surface area contributed by atoms with Gasteiger partial charge in [-0.25, -0.2) is 13.7 Å². The lowest BCUT2D eigenvalue weighted by Crippen LogP contribution is -2.32. The van der Waals surface area contributed by atoms with Gasteiger partial charge in [0.05, 0.1) is 5.92 Å². The smallest absolute Gasteiger partial charge is 0.306 e. The molecule has 7 heteroatoms. The Labute approximate surface area is 136 Å². The van der Waals surface area contributed by atoms with E-state index >= 15 is 0 Å². The van der Waals surface area contributed by atoms with Crippen molar-refractivity contribution in [3.63, 3.8) is 0 Å². The monoisotopic (exact) mass is 338 g/mol. The van der Waals surface area contributed by atoms with Gasteiger partial charge in [0.1, 0.15) is 15.9 Å². The molecule has 116 valence electrons. The molecule has 0 amide bonds. The van der Waals surface area contributed by atoms with Gasteiger partial charge in [-0.2, -0.15) is 0 Å². The average molecular weight is 338 g/mol. The maximum Gasteiger partial charge on any atom is 0.306 e. The number of hydrogen-bond acceptors (Lipinski definition) is 5. The van der Waals surface area contributed by atoms with Gasteiger partial charge in [-0.3, -0.25) is 4.79 Å². The lowest BCUT2D eigenvalue weighted by Gasteiger charge is -2.28. The normalized spacial score (nSPS) is 16.8. The van der Waals surface area contributed by atoms with E-state index in [9.17, 15) is 9.18 Å².